The molecular formula is C19H16N2O2. The summed E-state index contributed by atoms with van der Waals surface area (Å²) in [6, 6.07) is 15.6. The van der Waals surface area contributed by atoms with E-state index in [1.165, 1.54) is 0 Å². The summed E-state index contributed by atoms with van der Waals surface area (Å²) >= 11 is 0. The fraction of sp³-hybridized carbons (Fsp3) is 0.158. The van der Waals surface area contributed by atoms with Crippen LogP contribution in [-0.2, 0) is 0 Å². The summed E-state index contributed by atoms with van der Waals surface area (Å²) in [5.41, 5.74) is 1.83. The van der Waals surface area contributed by atoms with Crippen LogP contribution >= 0.6 is 0 Å². The number of fused-ring (bicyclic) bond motifs is 1. The molecule has 0 saturated carbocycles. The van der Waals surface area contributed by atoms with Crippen molar-refractivity contribution in [1.82, 2.24) is 4.98 Å². The van der Waals surface area contributed by atoms with Gasteiger partial charge >= 0.3 is 0 Å². The third-order valence-corrected chi connectivity index (χ3v) is 3.74. The predicted molar refractivity (Wildman–Crippen MR) is 90.6 cm³/mol. The molecule has 23 heavy (non-hydrogen) atoms. The molecule has 3 aromatic rings. The predicted octanol–water partition coefficient (Wildman–Crippen LogP) is 3.77. The summed E-state index contributed by atoms with van der Waals surface area (Å²) in [4.78, 5) is 14.8. The fourth-order valence-corrected chi connectivity index (χ4v) is 2.80. The second-order valence-corrected chi connectivity index (χ2v) is 5.27. The van der Waals surface area contributed by atoms with E-state index in [0.29, 0.717) is 23.6 Å². The number of aromatic nitrogens is 1. The number of benzene rings is 2. The number of rotatable bonds is 3. The summed E-state index contributed by atoms with van der Waals surface area (Å²) in [7, 11) is 0. The highest BCUT2D eigenvalue weighted by Gasteiger charge is 2.17. The molecule has 0 fully saturated rings. The van der Waals surface area contributed by atoms with Gasteiger partial charge in [0.2, 0.25) is 0 Å². The molecule has 0 aliphatic rings. The van der Waals surface area contributed by atoms with E-state index in [-0.39, 0.29) is 11.1 Å². The monoisotopic (exact) mass is 304 g/mol. The van der Waals surface area contributed by atoms with E-state index in [0.717, 1.165) is 16.3 Å². The van der Waals surface area contributed by atoms with Crippen molar-refractivity contribution < 1.29 is 4.74 Å². The van der Waals surface area contributed by atoms with Crippen molar-refractivity contribution in [2.45, 2.75) is 13.8 Å². The van der Waals surface area contributed by atoms with Crippen LogP contribution in [0.25, 0.3) is 21.9 Å². The smallest absolute Gasteiger partial charge is 0.266 e. The van der Waals surface area contributed by atoms with Crippen molar-refractivity contribution in [1.29, 1.82) is 5.26 Å². The van der Waals surface area contributed by atoms with Crippen molar-refractivity contribution >= 4 is 10.8 Å². The number of nitriles is 1. The van der Waals surface area contributed by atoms with Crippen LogP contribution in [0.4, 0.5) is 0 Å². The van der Waals surface area contributed by atoms with Gasteiger partial charge in [-0.05, 0) is 36.8 Å². The Morgan fingerprint density at radius 1 is 1.22 bits per heavy atom. The molecule has 1 aromatic heterocycles. The van der Waals surface area contributed by atoms with Gasteiger partial charge in [-0.15, -0.1) is 0 Å². The lowest BCUT2D eigenvalue weighted by molar-refractivity contribution is 0.342. The lowest BCUT2D eigenvalue weighted by Crippen LogP contribution is -2.13. The number of nitrogens with zero attached hydrogens (tertiary/aromatic N) is 1. The van der Waals surface area contributed by atoms with E-state index < -0.39 is 0 Å². The zero-order valence-electron chi connectivity index (χ0n) is 13.0. The van der Waals surface area contributed by atoms with Gasteiger partial charge in [0.25, 0.3) is 5.56 Å². The molecular weight excluding hydrogens is 288 g/mol. The van der Waals surface area contributed by atoms with Crippen molar-refractivity contribution in [3.05, 3.63) is 64.1 Å². The van der Waals surface area contributed by atoms with Gasteiger partial charge in [-0.25, -0.2) is 0 Å². The van der Waals surface area contributed by atoms with E-state index in [9.17, 15) is 10.1 Å². The topological polar surface area (TPSA) is 65.9 Å². The van der Waals surface area contributed by atoms with Gasteiger partial charge in [0.1, 0.15) is 17.4 Å². The summed E-state index contributed by atoms with van der Waals surface area (Å²) in [6.07, 6.45) is 0. The minimum Gasteiger partial charge on any atom is -0.493 e. The molecule has 0 unspecified atom stereocenters. The van der Waals surface area contributed by atoms with E-state index in [2.05, 4.69) is 4.98 Å². The molecule has 2 aromatic carbocycles. The molecule has 1 heterocycles. The third-order valence-electron chi connectivity index (χ3n) is 3.74. The van der Waals surface area contributed by atoms with Crippen molar-refractivity contribution in [3.8, 4) is 22.9 Å². The Bertz CT molecular complexity index is 981. The molecule has 4 heteroatoms. The number of aromatic amines is 1. The highest BCUT2D eigenvalue weighted by atomic mass is 16.5. The molecule has 1 N–H and O–H groups in total. The minimum atomic E-state index is -0.377. The molecule has 0 bridgehead atoms. The molecule has 0 aliphatic heterocycles. The summed E-state index contributed by atoms with van der Waals surface area (Å²) < 4.78 is 5.76. The fourth-order valence-electron chi connectivity index (χ4n) is 2.80. The third kappa shape index (κ3) is 2.58. The number of ether oxygens (including phenoxy) is 1. The van der Waals surface area contributed by atoms with Gasteiger partial charge in [-0.2, -0.15) is 5.26 Å². The van der Waals surface area contributed by atoms with Crippen LogP contribution in [0.1, 0.15) is 18.2 Å². The number of hydrogen-bond acceptors (Lipinski definition) is 3. The first-order chi connectivity index (χ1) is 11.2. The van der Waals surface area contributed by atoms with Gasteiger partial charge < -0.3 is 9.72 Å². The second-order valence-electron chi connectivity index (χ2n) is 5.27. The second kappa shape index (κ2) is 5.98. The van der Waals surface area contributed by atoms with Crippen LogP contribution in [0.2, 0.25) is 0 Å². The number of hydrogen-bond donors (Lipinski definition) is 1. The Kier molecular flexibility index (Phi) is 3.86. The molecule has 0 spiro atoms. The molecule has 0 aliphatic carbocycles. The average molecular weight is 304 g/mol. The Balaban J connectivity index is 2.46. The number of H-pyrrole nitrogens is 1. The van der Waals surface area contributed by atoms with Crippen LogP contribution in [0.3, 0.4) is 0 Å². The maximum atomic E-state index is 12.2. The number of pyridine rings is 1. The Morgan fingerprint density at radius 3 is 2.74 bits per heavy atom. The normalized spacial score (nSPS) is 10.5. The highest BCUT2D eigenvalue weighted by Crippen LogP contribution is 2.38. The largest absolute Gasteiger partial charge is 0.493 e. The number of nitrogens with one attached hydrogen (secondary N) is 1. The zero-order chi connectivity index (χ0) is 16.4. The molecule has 0 amide bonds. The summed E-state index contributed by atoms with van der Waals surface area (Å²) in [6.45, 7) is 4.22. The van der Waals surface area contributed by atoms with Gasteiger partial charge in [0.15, 0.2) is 0 Å². The molecule has 0 radical (unpaired) electrons. The lowest BCUT2D eigenvalue weighted by Gasteiger charge is -2.15. The van der Waals surface area contributed by atoms with Gasteiger partial charge in [0.05, 0.1) is 6.61 Å². The standard InChI is InChI=1S/C19H16N2O2/c1-3-23-17-9-8-13-6-4-5-7-14(13)18(17)15-10-12(2)21-19(22)16(15)11-20/h4-10H,3H2,1-2H3,(H,21,22). The first kappa shape index (κ1) is 14.9. The van der Waals surface area contributed by atoms with Crippen LogP contribution in [0, 0.1) is 18.3 Å². The quantitative estimate of drug-likeness (QED) is 0.801. The Hall–Kier alpha value is -3.06. The van der Waals surface area contributed by atoms with E-state index in [1.807, 2.05) is 55.5 Å². The SMILES string of the molecule is CCOc1ccc2ccccc2c1-c1cc(C)[nH]c(=O)c1C#N. The van der Waals surface area contributed by atoms with Gasteiger partial charge in [-0.3, -0.25) is 4.79 Å². The van der Waals surface area contributed by atoms with Crippen LogP contribution < -0.4 is 10.3 Å². The van der Waals surface area contributed by atoms with Crippen LogP contribution in [-0.4, -0.2) is 11.6 Å². The lowest BCUT2D eigenvalue weighted by atomic mass is 9.94. The number of aryl methyl sites for hydroxylation is 1. The van der Waals surface area contributed by atoms with E-state index >= 15 is 0 Å². The maximum Gasteiger partial charge on any atom is 0.266 e. The average Bonchev–Trinajstić information content (AvgIpc) is 2.54. The van der Waals surface area contributed by atoms with Gasteiger partial charge in [-0.1, -0.05) is 30.3 Å². The molecule has 0 saturated heterocycles. The van der Waals surface area contributed by atoms with E-state index in [1.54, 1.807) is 6.92 Å². The van der Waals surface area contributed by atoms with Crippen molar-refractivity contribution in [2.75, 3.05) is 6.61 Å². The maximum absolute atomic E-state index is 12.2. The van der Waals surface area contributed by atoms with Crippen molar-refractivity contribution in [2.24, 2.45) is 0 Å². The van der Waals surface area contributed by atoms with Crippen LogP contribution in [0.15, 0.2) is 47.3 Å². The van der Waals surface area contributed by atoms with E-state index in [4.69, 9.17) is 4.74 Å². The van der Waals surface area contributed by atoms with Crippen LogP contribution in [0.5, 0.6) is 5.75 Å². The minimum absolute atomic E-state index is 0.105. The first-order valence-electron chi connectivity index (χ1n) is 7.44. The Morgan fingerprint density at radius 2 is 2.00 bits per heavy atom. The molecule has 3 rings (SSSR count). The Labute approximate surface area is 134 Å². The molecule has 0 atom stereocenters. The van der Waals surface area contributed by atoms with Gasteiger partial charge in [0, 0.05) is 16.8 Å². The summed E-state index contributed by atoms with van der Waals surface area (Å²) in [5, 5.41) is 11.4. The molecule has 4 nitrogen and oxygen atoms in total. The first-order valence-corrected chi connectivity index (χ1v) is 7.44. The molecule has 114 valence electrons. The summed E-state index contributed by atoms with van der Waals surface area (Å²) in [5.74, 6) is 0.674. The zero-order valence-corrected chi connectivity index (χ0v) is 13.0. The van der Waals surface area contributed by atoms with Crippen molar-refractivity contribution in [3.63, 3.8) is 0 Å². The highest BCUT2D eigenvalue weighted by molar-refractivity contribution is 6.00.